The SMILES string of the molecule is COc1ccc2nc(N3CCCCC3)c(C=CC(=O)C34CC5CC(CC(C5)C3)C4)cc2c1. The maximum atomic E-state index is 13.6. The summed E-state index contributed by atoms with van der Waals surface area (Å²) in [5, 5.41) is 1.06. The minimum Gasteiger partial charge on any atom is -0.497 e. The Morgan fingerprint density at radius 2 is 1.72 bits per heavy atom. The topological polar surface area (TPSA) is 42.4 Å². The van der Waals surface area contributed by atoms with Crippen molar-refractivity contribution >= 4 is 28.6 Å². The lowest BCUT2D eigenvalue weighted by Gasteiger charge is -2.55. The van der Waals surface area contributed by atoms with Gasteiger partial charge in [0.25, 0.3) is 0 Å². The number of ketones is 1. The van der Waals surface area contributed by atoms with Gasteiger partial charge in [-0.3, -0.25) is 4.79 Å². The zero-order valence-corrected chi connectivity index (χ0v) is 19.2. The molecule has 2 aromatic rings. The lowest BCUT2D eigenvalue weighted by atomic mass is 9.48. The van der Waals surface area contributed by atoms with Gasteiger partial charge in [0, 0.05) is 29.5 Å². The molecule has 0 atom stereocenters. The van der Waals surface area contributed by atoms with E-state index >= 15 is 0 Å². The third-order valence-corrected chi connectivity index (χ3v) is 8.66. The molecule has 7 rings (SSSR count). The van der Waals surface area contributed by atoms with Crippen LogP contribution >= 0.6 is 0 Å². The van der Waals surface area contributed by atoms with Gasteiger partial charge in [-0.15, -0.1) is 0 Å². The number of benzene rings is 1. The first kappa shape index (κ1) is 20.3. The van der Waals surface area contributed by atoms with E-state index in [1.54, 1.807) is 7.11 Å². The summed E-state index contributed by atoms with van der Waals surface area (Å²) < 4.78 is 5.43. The fraction of sp³-hybridized carbons (Fsp3) is 0.571. The first-order valence-electron chi connectivity index (χ1n) is 12.6. The van der Waals surface area contributed by atoms with Crippen LogP contribution in [0.25, 0.3) is 17.0 Å². The lowest BCUT2D eigenvalue weighted by molar-refractivity contribution is -0.138. The Labute approximate surface area is 191 Å². The molecule has 1 aromatic heterocycles. The molecular formula is C28H34N2O2. The molecule has 2 heterocycles. The molecule has 1 aromatic carbocycles. The van der Waals surface area contributed by atoms with Crippen molar-refractivity contribution in [1.29, 1.82) is 0 Å². The molecule has 4 aliphatic carbocycles. The molecule has 5 aliphatic rings. The van der Waals surface area contributed by atoms with E-state index in [1.807, 2.05) is 24.3 Å². The molecule has 1 aliphatic heterocycles. The van der Waals surface area contributed by atoms with Crippen molar-refractivity contribution in [2.45, 2.75) is 57.8 Å². The summed E-state index contributed by atoms with van der Waals surface area (Å²) in [5.74, 6) is 4.60. The van der Waals surface area contributed by atoms with E-state index in [2.05, 4.69) is 17.0 Å². The van der Waals surface area contributed by atoms with E-state index in [-0.39, 0.29) is 5.41 Å². The molecule has 0 N–H and O–H groups in total. The summed E-state index contributed by atoms with van der Waals surface area (Å²) in [4.78, 5) is 21.0. The highest BCUT2D eigenvalue weighted by molar-refractivity contribution is 5.99. The highest BCUT2D eigenvalue weighted by Crippen LogP contribution is 2.60. The number of ether oxygens (including phenoxy) is 1. The van der Waals surface area contributed by atoms with Crippen LogP contribution in [0.15, 0.2) is 30.3 Å². The Morgan fingerprint density at radius 1 is 1.03 bits per heavy atom. The average molecular weight is 431 g/mol. The number of fused-ring (bicyclic) bond motifs is 1. The number of nitrogens with zero attached hydrogens (tertiary/aromatic N) is 2. The van der Waals surface area contributed by atoms with Crippen LogP contribution in [0.5, 0.6) is 5.75 Å². The number of rotatable bonds is 5. The van der Waals surface area contributed by atoms with Crippen LogP contribution in [0.3, 0.4) is 0 Å². The maximum Gasteiger partial charge on any atom is 0.161 e. The molecular weight excluding hydrogens is 396 g/mol. The van der Waals surface area contributed by atoms with Crippen molar-refractivity contribution in [2.75, 3.05) is 25.1 Å². The normalized spacial score (nSPS) is 31.5. The fourth-order valence-electron chi connectivity index (χ4n) is 7.52. The van der Waals surface area contributed by atoms with Crippen LogP contribution in [0.4, 0.5) is 5.82 Å². The quantitative estimate of drug-likeness (QED) is 0.543. The van der Waals surface area contributed by atoms with Gasteiger partial charge in [-0.05, 0) is 112 Å². The highest BCUT2D eigenvalue weighted by atomic mass is 16.5. The van der Waals surface area contributed by atoms with Crippen LogP contribution in [0, 0.1) is 23.2 Å². The van der Waals surface area contributed by atoms with Crippen LogP contribution in [-0.2, 0) is 4.79 Å². The highest BCUT2D eigenvalue weighted by Gasteiger charge is 2.53. The lowest BCUT2D eigenvalue weighted by Crippen LogP contribution is -2.49. The first-order chi connectivity index (χ1) is 15.6. The van der Waals surface area contributed by atoms with Crippen molar-refractivity contribution in [2.24, 2.45) is 23.2 Å². The number of carbonyl (C=O) groups is 1. The number of pyridine rings is 1. The molecule has 0 spiro atoms. The average Bonchev–Trinajstić information content (AvgIpc) is 2.81. The minimum absolute atomic E-state index is 0.0793. The van der Waals surface area contributed by atoms with Gasteiger partial charge in [0.05, 0.1) is 12.6 Å². The second kappa shape index (κ2) is 7.90. The second-order valence-corrected chi connectivity index (χ2v) is 10.9. The van der Waals surface area contributed by atoms with E-state index in [1.165, 1.54) is 38.5 Å². The van der Waals surface area contributed by atoms with Gasteiger partial charge in [0.2, 0.25) is 0 Å². The van der Waals surface area contributed by atoms with Crippen LogP contribution in [-0.4, -0.2) is 31.0 Å². The predicted octanol–water partition coefficient (Wildman–Crippen LogP) is 6.03. The second-order valence-electron chi connectivity index (χ2n) is 10.9. The zero-order valence-electron chi connectivity index (χ0n) is 19.2. The van der Waals surface area contributed by atoms with E-state index in [9.17, 15) is 4.79 Å². The Hall–Kier alpha value is -2.36. The van der Waals surface area contributed by atoms with Crippen molar-refractivity contribution in [3.8, 4) is 5.75 Å². The van der Waals surface area contributed by atoms with Gasteiger partial charge in [-0.2, -0.15) is 0 Å². The Balaban J connectivity index is 1.35. The van der Waals surface area contributed by atoms with Gasteiger partial charge in [0.15, 0.2) is 5.78 Å². The Morgan fingerprint density at radius 3 is 2.38 bits per heavy atom. The van der Waals surface area contributed by atoms with Gasteiger partial charge in [0.1, 0.15) is 11.6 Å². The fourth-order valence-corrected chi connectivity index (χ4v) is 7.52. The predicted molar refractivity (Wildman–Crippen MR) is 129 cm³/mol. The minimum atomic E-state index is -0.0793. The number of hydrogen-bond donors (Lipinski definition) is 0. The Bertz CT molecular complexity index is 1030. The molecule has 0 amide bonds. The zero-order chi connectivity index (χ0) is 21.7. The molecule has 0 radical (unpaired) electrons. The molecule has 168 valence electrons. The van der Waals surface area contributed by atoms with Crippen molar-refractivity contribution in [1.82, 2.24) is 4.98 Å². The third-order valence-electron chi connectivity index (χ3n) is 8.66. The van der Waals surface area contributed by atoms with Crippen molar-refractivity contribution in [3.05, 3.63) is 35.9 Å². The van der Waals surface area contributed by atoms with Crippen molar-refractivity contribution in [3.63, 3.8) is 0 Å². The van der Waals surface area contributed by atoms with Gasteiger partial charge in [-0.1, -0.05) is 0 Å². The number of allylic oxidation sites excluding steroid dienone is 1. The number of piperidine rings is 1. The largest absolute Gasteiger partial charge is 0.497 e. The van der Waals surface area contributed by atoms with Crippen LogP contribution in [0.1, 0.15) is 63.4 Å². The third kappa shape index (κ3) is 3.52. The van der Waals surface area contributed by atoms with E-state index < -0.39 is 0 Å². The molecule has 1 saturated heterocycles. The van der Waals surface area contributed by atoms with E-state index in [0.29, 0.717) is 5.78 Å². The van der Waals surface area contributed by atoms with Crippen LogP contribution < -0.4 is 9.64 Å². The summed E-state index contributed by atoms with van der Waals surface area (Å²) >= 11 is 0. The molecule has 4 bridgehead atoms. The molecule has 5 fully saturated rings. The van der Waals surface area contributed by atoms with E-state index in [0.717, 1.165) is 78.1 Å². The standard InChI is InChI=1S/C28H34N2O2/c1-32-24-6-7-25-23(15-24)14-22(27(29-25)30-9-3-2-4-10-30)5-8-26(31)28-16-19-11-20(17-28)13-21(12-19)18-28/h5-8,14-15,19-21H,2-4,9-13,16-18H2,1H3. The summed E-state index contributed by atoms with van der Waals surface area (Å²) in [6.07, 6.45) is 15.1. The number of anilines is 1. The van der Waals surface area contributed by atoms with Crippen molar-refractivity contribution < 1.29 is 9.53 Å². The molecule has 4 saturated carbocycles. The van der Waals surface area contributed by atoms with Crippen LogP contribution in [0.2, 0.25) is 0 Å². The monoisotopic (exact) mass is 430 g/mol. The number of carbonyl (C=O) groups excluding carboxylic acids is 1. The summed E-state index contributed by atoms with van der Waals surface area (Å²) in [5.41, 5.74) is 1.96. The van der Waals surface area contributed by atoms with Gasteiger partial charge in [-0.25, -0.2) is 4.98 Å². The maximum absolute atomic E-state index is 13.6. The van der Waals surface area contributed by atoms with Gasteiger partial charge < -0.3 is 9.64 Å². The number of hydrogen-bond acceptors (Lipinski definition) is 4. The summed E-state index contributed by atoms with van der Waals surface area (Å²) in [6, 6.07) is 8.25. The molecule has 0 unspecified atom stereocenters. The first-order valence-corrected chi connectivity index (χ1v) is 12.6. The molecule has 32 heavy (non-hydrogen) atoms. The number of aromatic nitrogens is 1. The number of methoxy groups -OCH3 is 1. The van der Waals surface area contributed by atoms with Gasteiger partial charge >= 0.3 is 0 Å². The van der Waals surface area contributed by atoms with E-state index in [4.69, 9.17) is 9.72 Å². The summed E-state index contributed by atoms with van der Waals surface area (Å²) in [7, 11) is 1.70. The molecule has 4 nitrogen and oxygen atoms in total. The Kier molecular flexibility index (Phi) is 5.00. The molecule has 4 heteroatoms. The smallest absolute Gasteiger partial charge is 0.161 e. The summed E-state index contributed by atoms with van der Waals surface area (Å²) in [6.45, 7) is 2.08.